The summed E-state index contributed by atoms with van der Waals surface area (Å²) in [4.78, 5) is 72.9. The summed E-state index contributed by atoms with van der Waals surface area (Å²) in [5.74, 6) is 1.00. The van der Waals surface area contributed by atoms with Crippen molar-refractivity contribution in [3.63, 3.8) is 0 Å². The van der Waals surface area contributed by atoms with Crippen molar-refractivity contribution >= 4 is 39.5 Å². The molecule has 0 aromatic carbocycles. The molecule has 0 spiro atoms. The van der Waals surface area contributed by atoms with Gasteiger partial charge in [0, 0.05) is 25.7 Å². The van der Waals surface area contributed by atoms with E-state index in [0.29, 0.717) is 25.7 Å². The fourth-order valence-corrected chi connectivity index (χ4v) is 13.6. The summed E-state index contributed by atoms with van der Waals surface area (Å²) in [6.45, 7) is 14.2. The molecule has 0 amide bonds. The molecule has 5 unspecified atom stereocenters. The highest BCUT2D eigenvalue weighted by Gasteiger charge is 2.30. The van der Waals surface area contributed by atoms with E-state index in [4.69, 9.17) is 37.0 Å². The Morgan fingerprint density at radius 2 is 0.490 bits per heavy atom. The third-order valence-corrected chi connectivity index (χ3v) is 20.9. The molecule has 0 saturated carbocycles. The third kappa shape index (κ3) is 69.8. The Balaban J connectivity index is 5.18. The summed E-state index contributed by atoms with van der Waals surface area (Å²) in [5, 5.41) is 10.6. The highest BCUT2D eigenvalue weighted by atomic mass is 31.2. The zero-order valence-electron chi connectivity index (χ0n) is 64.4. The summed E-state index contributed by atoms with van der Waals surface area (Å²) < 4.78 is 68.6. The highest BCUT2D eigenvalue weighted by molar-refractivity contribution is 7.47. The summed E-state index contributed by atoms with van der Waals surface area (Å²) in [6.07, 6.45) is 54.2. The lowest BCUT2D eigenvalue weighted by atomic mass is 9.99. The molecule has 0 aliphatic heterocycles. The topological polar surface area (TPSA) is 237 Å². The van der Waals surface area contributed by atoms with E-state index in [0.717, 1.165) is 114 Å². The highest BCUT2D eigenvalue weighted by Crippen LogP contribution is 2.45. The molecule has 3 N–H and O–H groups in total. The van der Waals surface area contributed by atoms with Gasteiger partial charge in [0.2, 0.25) is 0 Å². The Kier molecular flexibility index (Phi) is 66.8. The van der Waals surface area contributed by atoms with E-state index in [1.807, 2.05) is 0 Å². The van der Waals surface area contributed by atoms with Crippen LogP contribution in [0.1, 0.15) is 402 Å². The van der Waals surface area contributed by atoms with E-state index < -0.39 is 97.5 Å². The van der Waals surface area contributed by atoms with Gasteiger partial charge in [0.05, 0.1) is 26.4 Å². The number of unbranched alkanes of at least 4 members (excludes halogenated alkanes) is 40. The maximum absolute atomic E-state index is 13.1. The van der Waals surface area contributed by atoms with Crippen molar-refractivity contribution in [2.75, 3.05) is 39.6 Å². The minimum absolute atomic E-state index is 0.104. The molecular weight excluding hydrogens is 1280 g/mol. The lowest BCUT2D eigenvalue weighted by Gasteiger charge is -2.21. The average molecular weight is 1440 g/mol. The summed E-state index contributed by atoms with van der Waals surface area (Å²) in [7, 11) is -9.92. The van der Waals surface area contributed by atoms with Crippen LogP contribution in [0.4, 0.5) is 0 Å². The first-order chi connectivity index (χ1) is 47.2. The third-order valence-electron chi connectivity index (χ3n) is 19.0. The van der Waals surface area contributed by atoms with E-state index >= 15 is 0 Å². The number of phosphoric ester groups is 2. The molecule has 19 heteroatoms. The maximum atomic E-state index is 13.1. The molecule has 0 heterocycles. The van der Waals surface area contributed by atoms with Crippen LogP contribution in [0.5, 0.6) is 0 Å². The molecule has 98 heavy (non-hydrogen) atoms. The van der Waals surface area contributed by atoms with Crippen molar-refractivity contribution in [1.82, 2.24) is 0 Å². The minimum atomic E-state index is -4.96. The average Bonchev–Trinajstić information content (AvgIpc) is 1.37. The van der Waals surface area contributed by atoms with Crippen LogP contribution in [0, 0.1) is 23.7 Å². The largest absolute Gasteiger partial charge is 0.472 e. The van der Waals surface area contributed by atoms with Gasteiger partial charge in [-0.2, -0.15) is 0 Å². The SMILES string of the molecule is CCC(C)CCCCCCCCCCCCCCCCCCCCC(=O)OC[C@H](COP(=O)(O)OCC(O)COP(=O)(O)OC[C@@H](COC(=O)CCCCCCCCCCC(C)C)OC(=O)CCCCCCCCCCC(C)CC)OC(=O)CCCCCCCCCCCCC(C)C. The van der Waals surface area contributed by atoms with E-state index in [-0.39, 0.29) is 25.7 Å². The van der Waals surface area contributed by atoms with E-state index in [2.05, 4.69) is 55.4 Å². The quantitative estimate of drug-likeness (QED) is 0.0222. The Hall–Kier alpha value is -1.94. The normalized spacial score (nSPS) is 14.6. The predicted octanol–water partition coefficient (Wildman–Crippen LogP) is 23.2. The fourth-order valence-electron chi connectivity index (χ4n) is 12.0. The molecule has 0 saturated heterocycles. The second-order valence-electron chi connectivity index (χ2n) is 29.9. The van der Waals surface area contributed by atoms with Gasteiger partial charge in [0.25, 0.3) is 0 Å². The van der Waals surface area contributed by atoms with Crippen LogP contribution in [-0.2, 0) is 65.4 Å². The Labute approximate surface area is 600 Å². The van der Waals surface area contributed by atoms with Crippen LogP contribution in [0.2, 0.25) is 0 Å². The van der Waals surface area contributed by atoms with Gasteiger partial charge in [0.15, 0.2) is 12.2 Å². The Morgan fingerprint density at radius 1 is 0.286 bits per heavy atom. The van der Waals surface area contributed by atoms with Gasteiger partial charge in [-0.05, 0) is 49.4 Å². The number of aliphatic hydroxyl groups is 1. The summed E-state index contributed by atoms with van der Waals surface area (Å²) >= 11 is 0. The Bertz CT molecular complexity index is 1920. The van der Waals surface area contributed by atoms with Crippen molar-refractivity contribution in [3.05, 3.63) is 0 Å². The number of phosphoric acid groups is 2. The van der Waals surface area contributed by atoms with Gasteiger partial charge in [-0.1, -0.05) is 351 Å². The molecular formula is C79H154O17P2. The Morgan fingerprint density at radius 3 is 0.724 bits per heavy atom. The second-order valence-corrected chi connectivity index (χ2v) is 32.8. The standard InChI is InChI=1S/C79H154O17P2/c1-9-71(7)57-49-41-33-24-19-17-15-13-11-12-14-16-18-20-25-35-43-51-59-76(81)89-65-74(95-78(83)61-53-45-37-26-22-21-23-31-39-47-55-69(3)4)67-93-97(85,86)91-63-73(80)64-92-98(87,88)94-68-75(66-90-77(82)60-52-44-36-29-27-32-40-48-56-70(5)6)96-79(84)62-54-46-38-30-28-34-42-50-58-72(8)10-2/h69-75,80H,9-68H2,1-8H3,(H,85,86)(H,87,88)/t71?,72?,73?,74-,75-/m1/s1. The smallest absolute Gasteiger partial charge is 0.462 e. The fraction of sp³-hybridized carbons (Fsp3) is 0.949. The molecule has 0 rings (SSSR count). The van der Waals surface area contributed by atoms with Crippen molar-refractivity contribution in [2.24, 2.45) is 23.7 Å². The number of esters is 4. The number of hydrogen-bond acceptors (Lipinski definition) is 15. The van der Waals surface area contributed by atoms with E-state index in [1.165, 1.54) is 205 Å². The lowest BCUT2D eigenvalue weighted by Crippen LogP contribution is -2.30. The molecule has 7 atom stereocenters. The minimum Gasteiger partial charge on any atom is -0.462 e. The molecule has 0 bridgehead atoms. The summed E-state index contributed by atoms with van der Waals surface area (Å²) in [6, 6.07) is 0. The van der Waals surface area contributed by atoms with Gasteiger partial charge in [-0.15, -0.1) is 0 Å². The van der Waals surface area contributed by atoms with Gasteiger partial charge >= 0.3 is 39.5 Å². The summed E-state index contributed by atoms with van der Waals surface area (Å²) in [5.41, 5.74) is 0. The maximum Gasteiger partial charge on any atom is 0.472 e. The number of carbonyl (C=O) groups excluding carboxylic acids is 4. The number of carbonyl (C=O) groups is 4. The van der Waals surface area contributed by atoms with Crippen LogP contribution in [-0.4, -0.2) is 96.7 Å². The van der Waals surface area contributed by atoms with Crippen molar-refractivity contribution < 1.29 is 80.2 Å². The lowest BCUT2D eigenvalue weighted by molar-refractivity contribution is -0.161. The van der Waals surface area contributed by atoms with Crippen LogP contribution in [0.25, 0.3) is 0 Å². The van der Waals surface area contributed by atoms with Crippen LogP contribution in [0.15, 0.2) is 0 Å². The van der Waals surface area contributed by atoms with Gasteiger partial charge in [-0.25, -0.2) is 9.13 Å². The number of aliphatic hydroxyl groups excluding tert-OH is 1. The molecule has 0 aromatic heterocycles. The molecule has 0 aliphatic rings. The predicted molar refractivity (Wildman–Crippen MR) is 400 cm³/mol. The molecule has 0 aromatic rings. The molecule has 0 fully saturated rings. The second kappa shape index (κ2) is 68.2. The molecule has 17 nitrogen and oxygen atoms in total. The van der Waals surface area contributed by atoms with Crippen LogP contribution >= 0.6 is 15.6 Å². The van der Waals surface area contributed by atoms with Crippen LogP contribution < -0.4 is 0 Å². The first-order valence-electron chi connectivity index (χ1n) is 40.8. The number of hydrogen-bond donors (Lipinski definition) is 3. The van der Waals surface area contributed by atoms with E-state index in [1.54, 1.807) is 0 Å². The number of ether oxygens (including phenoxy) is 4. The zero-order chi connectivity index (χ0) is 72.4. The monoisotopic (exact) mass is 1440 g/mol. The first kappa shape index (κ1) is 96.1. The number of rotatable bonds is 76. The van der Waals surface area contributed by atoms with Crippen molar-refractivity contribution in [3.8, 4) is 0 Å². The first-order valence-corrected chi connectivity index (χ1v) is 43.8. The van der Waals surface area contributed by atoms with Gasteiger partial charge in [-0.3, -0.25) is 37.3 Å². The van der Waals surface area contributed by atoms with Crippen molar-refractivity contribution in [1.29, 1.82) is 0 Å². The van der Waals surface area contributed by atoms with Gasteiger partial charge in [0.1, 0.15) is 19.3 Å². The van der Waals surface area contributed by atoms with E-state index in [9.17, 15) is 43.2 Å². The zero-order valence-corrected chi connectivity index (χ0v) is 66.2. The van der Waals surface area contributed by atoms with Gasteiger partial charge < -0.3 is 33.8 Å². The molecule has 0 radical (unpaired) electrons. The van der Waals surface area contributed by atoms with Crippen molar-refractivity contribution in [2.45, 2.75) is 420 Å². The molecule has 582 valence electrons. The molecule has 0 aliphatic carbocycles. The van der Waals surface area contributed by atoms with Crippen LogP contribution in [0.3, 0.4) is 0 Å².